The number of rotatable bonds is 5. The first-order valence-corrected chi connectivity index (χ1v) is 10.6. The number of piperidine rings is 1. The van der Waals surface area contributed by atoms with Crippen LogP contribution in [0.15, 0.2) is 65.8 Å². The highest BCUT2D eigenvalue weighted by Crippen LogP contribution is 2.28. The summed E-state index contributed by atoms with van der Waals surface area (Å²) >= 11 is 0. The van der Waals surface area contributed by atoms with Gasteiger partial charge in [-0.1, -0.05) is 29.5 Å². The first kappa shape index (κ1) is 18.6. The molecule has 0 aliphatic carbocycles. The van der Waals surface area contributed by atoms with Crippen LogP contribution in [-0.2, 0) is 10.0 Å². The molecule has 1 aliphatic rings. The molecule has 146 valence electrons. The van der Waals surface area contributed by atoms with Crippen LogP contribution in [0.3, 0.4) is 0 Å². The first-order chi connectivity index (χ1) is 13.6. The third kappa shape index (κ3) is 3.65. The van der Waals surface area contributed by atoms with Crippen LogP contribution < -0.4 is 4.74 Å². The van der Waals surface area contributed by atoms with Crippen LogP contribution in [-0.4, -0.2) is 47.9 Å². The van der Waals surface area contributed by atoms with Gasteiger partial charge in [-0.15, -0.1) is 5.10 Å². The number of benzene rings is 2. The lowest BCUT2D eigenvalue weighted by Crippen LogP contribution is -2.39. The van der Waals surface area contributed by atoms with Gasteiger partial charge in [-0.25, -0.2) is 13.1 Å². The van der Waals surface area contributed by atoms with Gasteiger partial charge in [0.2, 0.25) is 10.0 Å². The third-order valence-electron chi connectivity index (χ3n) is 5.15. The van der Waals surface area contributed by atoms with Crippen LogP contribution in [0.2, 0.25) is 0 Å². The fourth-order valence-electron chi connectivity index (χ4n) is 3.51. The maximum atomic E-state index is 13.0. The SMILES string of the molecule is COc1ccc(-c2ccc(S(=O)(=O)N3CCC(n4ccnn4)CC3)cc2)cc1. The zero-order valence-corrected chi connectivity index (χ0v) is 16.4. The van der Waals surface area contributed by atoms with Crippen molar-refractivity contribution in [2.45, 2.75) is 23.8 Å². The van der Waals surface area contributed by atoms with E-state index in [-0.39, 0.29) is 6.04 Å². The number of methoxy groups -OCH3 is 1. The lowest BCUT2D eigenvalue weighted by molar-refractivity contribution is 0.258. The number of ether oxygens (including phenoxy) is 1. The molecule has 0 radical (unpaired) electrons. The van der Waals surface area contributed by atoms with E-state index in [0.717, 1.165) is 29.7 Å². The van der Waals surface area contributed by atoms with Crippen molar-refractivity contribution in [1.29, 1.82) is 0 Å². The molecule has 0 bridgehead atoms. The molecule has 8 heteroatoms. The van der Waals surface area contributed by atoms with Crippen molar-refractivity contribution < 1.29 is 13.2 Å². The molecule has 7 nitrogen and oxygen atoms in total. The van der Waals surface area contributed by atoms with E-state index in [0.29, 0.717) is 18.0 Å². The van der Waals surface area contributed by atoms with Gasteiger partial charge in [-0.05, 0) is 48.2 Å². The normalized spacial score (nSPS) is 16.2. The second kappa shape index (κ2) is 7.73. The van der Waals surface area contributed by atoms with Gasteiger partial charge in [0.05, 0.1) is 24.2 Å². The van der Waals surface area contributed by atoms with Crippen molar-refractivity contribution in [1.82, 2.24) is 19.3 Å². The minimum Gasteiger partial charge on any atom is -0.497 e. The topological polar surface area (TPSA) is 77.3 Å². The summed E-state index contributed by atoms with van der Waals surface area (Å²) in [5, 5.41) is 7.86. The molecule has 1 fully saturated rings. The predicted molar refractivity (Wildman–Crippen MR) is 105 cm³/mol. The molecule has 3 aromatic rings. The zero-order valence-electron chi connectivity index (χ0n) is 15.6. The number of nitrogens with zero attached hydrogens (tertiary/aromatic N) is 4. The van der Waals surface area contributed by atoms with E-state index in [9.17, 15) is 8.42 Å². The molecule has 0 unspecified atom stereocenters. The maximum Gasteiger partial charge on any atom is 0.243 e. The third-order valence-corrected chi connectivity index (χ3v) is 7.07. The highest BCUT2D eigenvalue weighted by molar-refractivity contribution is 7.89. The quantitative estimate of drug-likeness (QED) is 0.660. The number of aromatic nitrogens is 3. The number of hydrogen-bond donors (Lipinski definition) is 0. The van der Waals surface area contributed by atoms with E-state index >= 15 is 0 Å². The largest absolute Gasteiger partial charge is 0.497 e. The van der Waals surface area contributed by atoms with Crippen molar-refractivity contribution in [3.05, 3.63) is 60.9 Å². The molecule has 2 aromatic carbocycles. The molecule has 0 saturated carbocycles. The summed E-state index contributed by atoms with van der Waals surface area (Å²) in [6.07, 6.45) is 4.93. The summed E-state index contributed by atoms with van der Waals surface area (Å²) < 4.78 is 34.5. The Morgan fingerprint density at radius 1 is 0.964 bits per heavy atom. The predicted octanol–water partition coefficient (Wildman–Crippen LogP) is 2.98. The molecular weight excluding hydrogens is 376 g/mol. The van der Waals surface area contributed by atoms with Gasteiger partial charge < -0.3 is 4.74 Å². The van der Waals surface area contributed by atoms with Crippen molar-refractivity contribution in [3.63, 3.8) is 0 Å². The van der Waals surface area contributed by atoms with Crippen LogP contribution in [0.4, 0.5) is 0 Å². The standard InChI is InChI=1S/C20H22N4O3S/c1-27-19-6-2-16(3-7-19)17-4-8-20(9-5-17)28(25,26)23-13-10-18(11-14-23)24-15-12-21-22-24/h2-9,12,15,18H,10-11,13-14H2,1H3. The van der Waals surface area contributed by atoms with Crippen molar-refractivity contribution in [2.24, 2.45) is 0 Å². The minimum atomic E-state index is -3.50. The van der Waals surface area contributed by atoms with E-state index in [1.165, 1.54) is 0 Å². The Morgan fingerprint density at radius 3 is 2.11 bits per heavy atom. The van der Waals surface area contributed by atoms with Crippen LogP contribution in [0, 0.1) is 0 Å². The fraction of sp³-hybridized carbons (Fsp3) is 0.300. The smallest absolute Gasteiger partial charge is 0.243 e. The number of hydrogen-bond acceptors (Lipinski definition) is 5. The van der Waals surface area contributed by atoms with Gasteiger partial charge in [0.25, 0.3) is 0 Å². The molecular formula is C20H22N4O3S. The Balaban J connectivity index is 1.47. The van der Waals surface area contributed by atoms with E-state index in [2.05, 4.69) is 10.3 Å². The number of sulfonamides is 1. The molecule has 1 aromatic heterocycles. The van der Waals surface area contributed by atoms with E-state index in [4.69, 9.17) is 4.74 Å². The van der Waals surface area contributed by atoms with Gasteiger partial charge in [0.1, 0.15) is 5.75 Å². The Labute approximate surface area is 164 Å². The summed E-state index contributed by atoms with van der Waals surface area (Å²) in [7, 11) is -1.87. The van der Waals surface area contributed by atoms with E-state index in [1.54, 1.807) is 29.7 Å². The Bertz CT molecular complexity index is 1010. The highest BCUT2D eigenvalue weighted by atomic mass is 32.2. The molecule has 0 N–H and O–H groups in total. The van der Waals surface area contributed by atoms with Crippen LogP contribution in [0.5, 0.6) is 5.75 Å². The average molecular weight is 398 g/mol. The summed E-state index contributed by atoms with van der Waals surface area (Å²) in [5.74, 6) is 0.789. The second-order valence-corrected chi connectivity index (χ2v) is 8.71. The molecule has 1 aliphatic heterocycles. The Morgan fingerprint density at radius 2 is 1.57 bits per heavy atom. The molecule has 4 rings (SSSR count). The Kier molecular flexibility index (Phi) is 5.15. The molecule has 1 saturated heterocycles. The molecule has 0 atom stereocenters. The van der Waals surface area contributed by atoms with Gasteiger partial charge in [-0.3, -0.25) is 0 Å². The van der Waals surface area contributed by atoms with Crippen molar-refractivity contribution in [2.75, 3.05) is 20.2 Å². The minimum absolute atomic E-state index is 0.200. The van der Waals surface area contributed by atoms with Crippen LogP contribution in [0.25, 0.3) is 11.1 Å². The van der Waals surface area contributed by atoms with Gasteiger partial charge in [-0.2, -0.15) is 4.31 Å². The lowest BCUT2D eigenvalue weighted by Gasteiger charge is -2.31. The van der Waals surface area contributed by atoms with E-state index in [1.807, 2.05) is 47.3 Å². The van der Waals surface area contributed by atoms with Crippen molar-refractivity contribution in [3.8, 4) is 16.9 Å². The van der Waals surface area contributed by atoms with Crippen LogP contribution >= 0.6 is 0 Å². The van der Waals surface area contributed by atoms with E-state index < -0.39 is 10.0 Å². The highest BCUT2D eigenvalue weighted by Gasteiger charge is 2.30. The molecule has 2 heterocycles. The average Bonchev–Trinajstić information content (AvgIpc) is 3.29. The Hall–Kier alpha value is -2.71. The molecule has 0 amide bonds. The first-order valence-electron chi connectivity index (χ1n) is 9.18. The van der Waals surface area contributed by atoms with Gasteiger partial charge >= 0.3 is 0 Å². The fourth-order valence-corrected chi connectivity index (χ4v) is 4.98. The zero-order chi connectivity index (χ0) is 19.6. The maximum absolute atomic E-state index is 13.0. The summed E-state index contributed by atoms with van der Waals surface area (Å²) in [6.45, 7) is 0.959. The lowest BCUT2D eigenvalue weighted by atomic mass is 10.1. The summed E-state index contributed by atoms with van der Waals surface area (Å²) in [4.78, 5) is 0.323. The summed E-state index contributed by atoms with van der Waals surface area (Å²) in [5.41, 5.74) is 1.98. The van der Waals surface area contributed by atoms with Crippen molar-refractivity contribution >= 4 is 10.0 Å². The second-order valence-electron chi connectivity index (χ2n) is 6.77. The van der Waals surface area contributed by atoms with Gasteiger partial charge in [0, 0.05) is 19.3 Å². The monoisotopic (exact) mass is 398 g/mol. The van der Waals surface area contributed by atoms with Gasteiger partial charge in [0.15, 0.2) is 0 Å². The molecule has 0 spiro atoms. The summed E-state index contributed by atoms with van der Waals surface area (Å²) in [6, 6.07) is 14.9. The molecule has 28 heavy (non-hydrogen) atoms. The van der Waals surface area contributed by atoms with Crippen LogP contribution in [0.1, 0.15) is 18.9 Å².